The molecule has 0 bridgehead atoms. The summed E-state index contributed by atoms with van der Waals surface area (Å²) < 4.78 is 19.0. The molecule has 4 rings (SSSR count). The predicted octanol–water partition coefficient (Wildman–Crippen LogP) is 3.30. The monoisotopic (exact) mass is 397 g/mol. The lowest BCUT2D eigenvalue weighted by atomic mass is 10.0. The lowest BCUT2D eigenvalue weighted by Crippen LogP contribution is -2.51. The van der Waals surface area contributed by atoms with Crippen LogP contribution in [-0.2, 0) is 9.53 Å². The van der Waals surface area contributed by atoms with Crippen molar-refractivity contribution in [1.82, 2.24) is 9.80 Å². The molecule has 154 valence electrons. The molecule has 0 aliphatic carbocycles. The fraction of sp³-hybridized carbons (Fsp3) is 0.435. The second kappa shape index (κ2) is 9.48. The molecule has 6 heteroatoms. The maximum Gasteiger partial charge on any atom is 0.246 e. The van der Waals surface area contributed by atoms with Gasteiger partial charge in [0.1, 0.15) is 11.9 Å². The lowest BCUT2D eigenvalue weighted by Gasteiger charge is -2.39. The number of piperazine rings is 1. The fourth-order valence-corrected chi connectivity index (χ4v) is 4.19. The van der Waals surface area contributed by atoms with Crippen LogP contribution in [0.5, 0.6) is 0 Å². The van der Waals surface area contributed by atoms with Crippen LogP contribution in [0.2, 0.25) is 0 Å². The van der Waals surface area contributed by atoms with Crippen LogP contribution in [0.4, 0.5) is 10.1 Å². The van der Waals surface area contributed by atoms with Crippen molar-refractivity contribution in [3.63, 3.8) is 0 Å². The van der Waals surface area contributed by atoms with E-state index >= 15 is 0 Å². The van der Waals surface area contributed by atoms with Gasteiger partial charge in [0.25, 0.3) is 0 Å². The first-order valence-corrected chi connectivity index (χ1v) is 10.4. The van der Waals surface area contributed by atoms with Crippen molar-refractivity contribution < 1.29 is 13.9 Å². The maximum atomic E-state index is 13.2. The number of carbonyl (C=O) groups excluding carboxylic acids is 1. The molecule has 2 aliphatic rings. The molecular formula is C23H28FN3O2. The molecule has 2 saturated heterocycles. The van der Waals surface area contributed by atoms with Gasteiger partial charge in [0.05, 0.1) is 6.10 Å². The molecule has 5 nitrogen and oxygen atoms in total. The molecule has 2 aromatic rings. The number of nitrogens with zero attached hydrogens (tertiary/aromatic N) is 2. The first kappa shape index (κ1) is 20.0. The van der Waals surface area contributed by atoms with Crippen molar-refractivity contribution >= 4 is 11.6 Å². The van der Waals surface area contributed by atoms with Crippen molar-refractivity contribution in [3.05, 3.63) is 66.0 Å². The topological polar surface area (TPSA) is 44.8 Å². The highest BCUT2D eigenvalue weighted by Crippen LogP contribution is 2.25. The standard InChI is InChI=1S/C23H28FN3O2/c24-19-8-10-20(11-9-19)25-23(28)22(18-5-2-1-3-6-18)27-14-12-26(13-15-27)17-21-7-4-16-29-21/h1-3,5-6,8-11,21-22H,4,7,12-17H2,(H,25,28)/t21-,22-/m1/s1. The lowest BCUT2D eigenvalue weighted by molar-refractivity contribution is -0.122. The molecule has 2 aromatic carbocycles. The average Bonchev–Trinajstić information content (AvgIpc) is 3.25. The summed E-state index contributed by atoms with van der Waals surface area (Å²) in [6.45, 7) is 5.35. The molecule has 2 atom stereocenters. The summed E-state index contributed by atoms with van der Waals surface area (Å²) in [5.74, 6) is -0.402. The Morgan fingerprint density at radius 1 is 1.07 bits per heavy atom. The van der Waals surface area contributed by atoms with Crippen molar-refractivity contribution in [2.75, 3.05) is 44.6 Å². The SMILES string of the molecule is O=C(Nc1ccc(F)cc1)[C@@H](c1ccccc1)N1CCN(C[C@H]2CCCO2)CC1. The maximum absolute atomic E-state index is 13.2. The van der Waals surface area contributed by atoms with E-state index in [0.29, 0.717) is 11.8 Å². The highest BCUT2D eigenvalue weighted by atomic mass is 19.1. The Kier molecular flexibility index (Phi) is 6.54. The van der Waals surface area contributed by atoms with E-state index in [4.69, 9.17) is 4.74 Å². The van der Waals surface area contributed by atoms with E-state index in [1.807, 2.05) is 30.3 Å². The number of hydrogen-bond donors (Lipinski definition) is 1. The molecule has 1 N–H and O–H groups in total. The molecular weight excluding hydrogens is 369 g/mol. The van der Waals surface area contributed by atoms with Crippen molar-refractivity contribution in [2.45, 2.75) is 25.0 Å². The summed E-state index contributed by atoms with van der Waals surface area (Å²) in [7, 11) is 0. The summed E-state index contributed by atoms with van der Waals surface area (Å²) >= 11 is 0. The zero-order chi connectivity index (χ0) is 20.1. The van der Waals surface area contributed by atoms with Gasteiger partial charge in [-0.05, 0) is 42.7 Å². The van der Waals surface area contributed by atoms with Crippen LogP contribution in [-0.4, -0.2) is 61.1 Å². The van der Waals surface area contributed by atoms with Crippen LogP contribution >= 0.6 is 0 Å². The number of ether oxygens (including phenoxy) is 1. The Bertz CT molecular complexity index is 786. The van der Waals surface area contributed by atoms with Gasteiger partial charge < -0.3 is 10.1 Å². The number of anilines is 1. The van der Waals surface area contributed by atoms with Crippen LogP contribution in [0.1, 0.15) is 24.4 Å². The largest absolute Gasteiger partial charge is 0.377 e. The molecule has 0 unspecified atom stereocenters. The summed E-state index contributed by atoms with van der Waals surface area (Å²) in [6, 6.07) is 15.4. The van der Waals surface area contributed by atoms with E-state index in [-0.39, 0.29) is 17.8 Å². The minimum absolute atomic E-state index is 0.0876. The molecule has 0 spiro atoms. The summed E-state index contributed by atoms with van der Waals surface area (Å²) in [5.41, 5.74) is 1.58. The number of carbonyl (C=O) groups is 1. The van der Waals surface area contributed by atoms with E-state index in [2.05, 4.69) is 15.1 Å². The molecule has 2 aliphatic heterocycles. The fourth-order valence-electron chi connectivity index (χ4n) is 4.19. The number of amides is 1. The molecule has 2 fully saturated rings. The predicted molar refractivity (Wildman–Crippen MR) is 111 cm³/mol. The highest BCUT2D eigenvalue weighted by molar-refractivity contribution is 5.95. The van der Waals surface area contributed by atoms with Crippen molar-refractivity contribution in [1.29, 1.82) is 0 Å². The number of hydrogen-bond acceptors (Lipinski definition) is 4. The minimum atomic E-state index is -0.369. The molecule has 0 saturated carbocycles. The molecule has 1 amide bonds. The van der Waals surface area contributed by atoms with Crippen molar-refractivity contribution in [3.8, 4) is 0 Å². The number of rotatable bonds is 6. The number of benzene rings is 2. The van der Waals surface area contributed by atoms with Gasteiger partial charge in [0.15, 0.2) is 0 Å². The summed E-state index contributed by atoms with van der Waals surface area (Å²) in [4.78, 5) is 17.9. The molecule has 0 radical (unpaired) electrons. The van der Waals surface area contributed by atoms with E-state index in [1.54, 1.807) is 12.1 Å². The second-order valence-corrected chi connectivity index (χ2v) is 7.78. The van der Waals surface area contributed by atoms with Crippen LogP contribution < -0.4 is 5.32 Å². The van der Waals surface area contributed by atoms with Crippen LogP contribution in [0.15, 0.2) is 54.6 Å². The third kappa shape index (κ3) is 5.21. The zero-order valence-corrected chi connectivity index (χ0v) is 16.6. The van der Waals surface area contributed by atoms with Gasteiger partial charge in [0, 0.05) is 45.0 Å². The van der Waals surface area contributed by atoms with E-state index < -0.39 is 0 Å². The van der Waals surface area contributed by atoms with E-state index in [0.717, 1.165) is 57.7 Å². The minimum Gasteiger partial charge on any atom is -0.377 e. The first-order valence-electron chi connectivity index (χ1n) is 10.4. The van der Waals surface area contributed by atoms with Gasteiger partial charge >= 0.3 is 0 Å². The number of nitrogens with one attached hydrogen (secondary N) is 1. The van der Waals surface area contributed by atoms with Crippen LogP contribution in [0.3, 0.4) is 0 Å². The quantitative estimate of drug-likeness (QED) is 0.812. The van der Waals surface area contributed by atoms with Crippen molar-refractivity contribution in [2.24, 2.45) is 0 Å². The third-order valence-electron chi connectivity index (χ3n) is 5.73. The Balaban J connectivity index is 1.43. The second-order valence-electron chi connectivity index (χ2n) is 7.78. The van der Waals surface area contributed by atoms with E-state index in [1.165, 1.54) is 12.1 Å². The van der Waals surface area contributed by atoms with Crippen LogP contribution in [0.25, 0.3) is 0 Å². The van der Waals surface area contributed by atoms with Gasteiger partial charge in [-0.3, -0.25) is 14.6 Å². The zero-order valence-electron chi connectivity index (χ0n) is 16.6. The normalized spacial score (nSPS) is 21.8. The Morgan fingerprint density at radius 3 is 2.45 bits per heavy atom. The van der Waals surface area contributed by atoms with Crippen LogP contribution in [0, 0.1) is 5.82 Å². The number of halogens is 1. The Hall–Kier alpha value is -2.28. The Labute approximate surface area is 171 Å². The smallest absolute Gasteiger partial charge is 0.246 e. The van der Waals surface area contributed by atoms with Gasteiger partial charge in [-0.2, -0.15) is 0 Å². The Morgan fingerprint density at radius 2 is 1.79 bits per heavy atom. The highest BCUT2D eigenvalue weighted by Gasteiger charge is 2.31. The molecule has 0 aromatic heterocycles. The average molecular weight is 397 g/mol. The van der Waals surface area contributed by atoms with Gasteiger partial charge in [-0.25, -0.2) is 4.39 Å². The summed E-state index contributed by atoms with van der Waals surface area (Å²) in [5, 5.41) is 2.95. The molecule has 2 heterocycles. The van der Waals surface area contributed by atoms with Gasteiger partial charge in [-0.1, -0.05) is 30.3 Å². The third-order valence-corrected chi connectivity index (χ3v) is 5.73. The van der Waals surface area contributed by atoms with E-state index in [9.17, 15) is 9.18 Å². The van der Waals surface area contributed by atoms with Gasteiger partial charge in [0.2, 0.25) is 5.91 Å². The summed E-state index contributed by atoms with van der Waals surface area (Å²) in [6.07, 6.45) is 2.66. The molecule has 29 heavy (non-hydrogen) atoms. The van der Waals surface area contributed by atoms with Gasteiger partial charge in [-0.15, -0.1) is 0 Å². The first-order chi connectivity index (χ1) is 14.2.